The molecule has 0 heterocycles. The lowest BCUT2D eigenvalue weighted by atomic mass is 10.1. The third kappa shape index (κ3) is 11.6. The zero-order valence-corrected chi connectivity index (χ0v) is 9.11. The molecule has 2 N–H and O–H groups in total. The van der Waals surface area contributed by atoms with Crippen LogP contribution in [0.15, 0.2) is 0 Å². The third-order valence-corrected chi connectivity index (χ3v) is 2.18. The smallest absolute Gasteiger partial charge is 0.389 e. The maximum atomic E-state index is 11.7. The number of alkyl halides is 3. The van der Waals surface area contributed by atoms with Gasteiger partial charge in [-0.15, -0.1) is 0 Å². The van der Waals surface area contributed by atoms with Gasteiger partial charge in [0.2, 0.25) is 0 Å². The number of hydrogen-bond donors (Lipinski definition) is 2. The molecular weight excluding hydrogens is 207 g/mol. The summed E-state index contributed by atoms with van der Waals surface area (Å²) in [6.07, 6.45) is -2.81. The second-order valence-corrected chi connectivity index (χ2v) is 3.90. The molecule has 92 valence electrons. The van der Waals surface area contributed by atoms with Crippen molar-refractivity contribution in [2.75, 3.05) is 19.7 Å². The molecule has 0 aliphatic heterocycles. The van der Waals surface area contributed by atoms with Gasteiger partial charge >= 0.3 is 6.18 Å². The SMILES string of the molecule is CC(CO)CCCNCCCC(F)(F)F. The van der Waals surface area contributed by atoms with Crippen molar-refractivity contribution in [1.82, 2.24) is 5.32 Å². The van der Waals surface area contributed by atoms with E-state index in [9.17, 15) is 13.2 Å². The summed E-state index contributed by atoms with van der Waals surface area (Å²) in [6, 6.07) is 0. The Labute approximate surface area is 88.9 Å². The van der Waals surface area contributed by atoms with Crippen molar-refractivity contribution in [1.29, 1.82) is 0 Å². The van der Waals surface area contributed by atoms with Crippen LogP contribution >= 0.6 is 0 Å². The van der Waals surface area contributed by atoms with Gasteiger partial charge in [-0.1, -0.05) is 6.92 Å². The molecule has 0 aliphatic carbocycles. The lowest BCUT2D eigenvalue weighted by Gasteiger charge is -2.09. The normalized spacial score (nSPS) is 14.2. The Balaban J connectivity index is 3.12. The van der Waals surface area contributed by atoms with Crippen LogP contribution in [0.3, 0.4) is 0 Å². The first-order chi connectivity index (χ1) is 6.95. The molecule has 0 fully saturated rings. The molecule has 0 aromatic heterocycles. The Hall–Kier alpha value is -0.290. The lowest BCUT2D eigenvalue weighted by molar-refractivity contribution is -0.135. The molecule has 0 aliphatic rings. The first-order valence-electron chi connectivity index (χ1n) is 5.34. The van der Waals surface area contributed by atoms with E-state index in [1.807, 2.05) is 6.92 Å². The molecule has 0 amide bonds. The van der Waals surface area contributed by atoms with Crippen LogP contribution < -0.4 is 5.32 Å². The Morgan fingerprint density at radius 1 is 1.20 bits per heavy atom. The van der Waals surface area contributed by atoms with Crippen molar-refractivity contribution >= 4 is 0 Å². The monoisotopic (exact) mass is 227 g/mol. The van der Waals surface area contributed by atoms with Gasteiger partial charge in [-0.25, -0.2) is 0 Å². The number of aliphatic hydroxyl groups is 1. The molecule has 2 nitrogen and oxygen atoms in total. The number of rotatable bonds is 8. The van der Waals surface area contributed by atoms with Gasteiger partial charge in [-0.3, -0.25) is 0 Å². The van der Waals surface area contributed by atoms with Crippen molar-refractivity contribution in [3.63, 3.8) is 0 Å². The minimum absolute atomic E-state index is 0.138. The molecule has 1 atom stereocenters. The highest BCUT2D eigenvalue weighted by molar-refractivity contribution is 4.56. The first kappa shape index (κ1) is 14.7. The highest BCUT2D eigenvalue weighted by Crippen LogP contribution is 2.20. The molecule has 5 heteroatoms. The van der Waals surface area contributed by atoms with Crippen molar-refractivity contribution in [2.24, 2.45) is 5.92 Å². The predicted molar refractivity (Wildman–Crippen MR) is 53.6 cm³/mol. The summed E-state index contributed by atoms with van der Waals surface area (Å²) in [4.78, 5) is 0. The molecule has 0 saturated carbocycles. The summed E-state index contributed by atoms with van der Waals surface area (Å²) in [7, 11) is 0. The van der Waals surface area contributed by atoms with Gasteiger partial charge in [0.1, 0.15) is 0 Å². The van der Waals surface area contributed by atoms with Crippen LogP contribution in [0.5, 0.6) is 0 Å². The van der Waals surface area contributed by atoms with Gasteiger partial charge in [-0.05, 0) is 38.3 Å². The fourth-order valence-electron chi connectivity index (χ4n) is 1.21. The number of halogens is 3. The summed E-state index contributed by atoms with van der Waals surface area (Å²) in [5.41, 5.74) is 0. The Kier molecular flexibility index (Phi) is 7.78. The average Bonchev–Trinajstić information content (AvgIpc) is 2.14. The van der Waals surface area contributed by atoms with E-state index in [2.05, 4.69) is 5.32 Å². The summed E-state index contributed by atoms with van der Waals surface area (Å²) in [6.45, 7) is 3.26. The van der Waals surface area contributed by atoms with Crippen LogP contribution in [0.1, 0.15) is 32.6 Å². The second kappa shape index (κ2) is 7.93. The van der Waals surface area contributed by atoms with Gasteiger partial charge < -0.3 is 10.4 Å². The molecule has 0 rings (SSSR count). The van der Waals surface area contributed by atoms with Crippen molar-refractivity contribution in [3.8, 4) is 0 Å². The standard InChI is InChI=1S/C10H20F3NO/c1-9(8-15)4-2-6-14-7-3-5-10(11,12)13/h9,14-15H,2-8H2,1H3. The number of nitrogens with one attached hydrogen (secondary N) is 1. The van der Waals surface area contributed by atoms with Crippen molar-refractivity contribution in [3.05, 3.63) is 0 Å². The topological polar surface area (TPSA) is 32.3 Å². The van der Waals surface area contributed by atoms with E-state index in [4.69, 9.17) is 5.11 Å². The third-order valence-electron chi connectivity index (χ3n) is 2.18. The molecule has 0 spiro atoms. The highest BCUT2D eigenvalue weighted by atomic mass is 19.4. The Morgan fingerprint density at radius 2 is 1.80 bits per heavy atom. The van der Waals surface area contributed by atoms with Gasteiger partial charge in [-0.2, -0.15) is 13.2 Å². The van der Waals surface area contributed by atoms with Crippen LogP contribution in [-0.2, 0) is 0 Å². The predicted octanol–water partition coefficient (Wildman–Crippen LogP) is 2.33. The summed E-state index contributed by atoms with van der Waals surface area (Å²) >= 11 is 0. The van der Waals surface area contributed by atoms with Gasteiger partial charge in [0, 0.05) is 13.0 Å². The first-order valence-corrected chi connectivity index (χ1v) is 5.34. The molecular formula is C10H20F3NO. The highest BCUT2D eigenvalue weighted by Gasteiger charge is 2.25. The molecule has 0 aromatic carbocycles. The van der Waals surface area contributed by atoms with E-state index in [0.29, 0.717) is 6.54 Å². The fourth-order valence-corrected chi connectivity index (χ4v) is 1.21. The summed E-state index contributed by atoms with van der Waals surface area (Å²) < 4.78 is 35.2. The minimum atomic E-state index is -4.03. The van der Waals surface area contributed by atoms with Crippen LogP contribution in [0.2, 0.25) is 0 Å². The molecule has 0 radical (unpaired) electrons. The van der Waals surface area contributed by atoms with Crippen LogP contribution in [0, 0.1) is 5.92 Å². The lowest BCUT2D eigenvalue weighted by Crippen LogP contribution is -2.19. The number of aliphatic hydroxyl groups excluding tert-OH is 1. The molecule has 15 heavy (non-hydrogen) atoms. The van der Waals surface area contributed by atoms with E-state index >= 15 is 0 Å². The fraction of sp³-hybridized carbons (Fsp3) is 1.00. The minimum Gasteiger partial charge on any atom is -0.396 e. The summed E-state index contributed by atoms with van der Waals surface area (Å²) in [5, 5.41) is 11.7. The maximum Gasteiger partial charge on any atom is 0.389 e. The zero-order valence-electron chi connectivity index (χ0n) is 9.11. The zero-order chi connectivity index (χ0) is 11.7. The van der Waals surface area contributed by atoms with E-state index < -0.39 is 12.6 Å². The van der Waals surface area contributed by atoms with Crippen molar-refractivity contribution in [2.45, 2.75) is 38.8 Å². The van der Waals surface area contributed by atoms with E-state index in [1.54, 1.807) is 0 Å². The van der Waals surface area contributed by atoms with E-state index in [-0.39, 0.29) is 18.9 Å². The van der Waals surface area contributed by atoms with Gasteiger partial charge in [0.05, 0.1) is 0 Å². The second-order valence-electron chi connectivity index (χ2n) is 3.90. The van der Waals surface area contributed by atoms with E-state index in [1.165, 1.54) is 0 Å². The van der Waals surface area contributed by atoms with Crippen LogP contribution in [0.4, 0.5) is 13.2 Å². The molecule has 0 saturated heterocycles. The Bertz CT molecular complexity index is 150. The van der Waals surface area contributed by atoms with E-state index in [0.717, 1.165) is 19.4 Å². The average molecular weight is 227 g/mol. The quantitative estimate of drug-likeness (QED) is 0.624. The van der Waals surface area contributed by atoms with Crippen LogP contribution in [0.25, 0.3) is 0 Å². The molecule has 0 bridgehead atoms. The largest absolute Gasteiger partial charge is 0.396 e. The maximum absolute atomic E-state index is 11.7. The summed E-state index contributed by atoms with van der Waals surface area (Å²) in [5.74, 6) is 0.280. The Morgan fingerprint density at radius 3 is 2.33 bits per heavy atom. The van der Waals surface area contributed by atoms with Gasteiger partial charge in [0.15, 0.2) is 0 Å². The molecule has 0 aromatic rings. The number of hydrogen-bond acceptors (Lipinski definition) is 2. The van der Waals surface area contributed by atoms with Gasteiger partial charge in [0.25, 0.3) is 0 Å². The van der Waals surface area contributed by atoms with Crippen molar-refractivity contribution < 1.29 is 18.3 Å². The van der Waals surface area contributed by atoms with Crippen LogP contribution in [-0.4, -0.2) is 31.0 Å². The molecule has 1 unspecified atom stereocenters.